The maximum atomic E-state index is 13.5. The van der Waals surface area contributed by atoms with Crippen LogP contribution < -0.4 is 5.73 Å². The second kappa shape index (κ2) is 5.05. The number of nitrogen functional groups attached to an aromatic ring is 1. The number of amides is 1. The molecule has 3 rings (SSSR count). The van der Waals surface area contributed by atoms with Gasteiger partial charge in [-0.25, -0.2) is 4.39 Å². The smallest absolute Gasteiger partial charge is 0.256 e. The van der Waals surface area contributed by atoms with Crippen molar-refractivity contribution in [2.75, 3.05) is 25.9 Å². The minimum Gasteiger partial charge on any atom is -0.396 e. The standard InChI is InChI=1S/C15H20FN3O/c1-18-10-5-6-11(18)9-19(8-7-10)15(20)12-3-2-4-13(16)14(12)17/h2-4,10-11H,5-9,17H2,1H3. The van der Waals surface area contributed by atoms with Gasteiger partial charge in [0.05, 0.1) is 11.3 Å². The number of anilines is 1. The van der Waals surface area contributed by atoms with Gasteiger partial charge in [0.15, 0.2) is 0 Å². The Morgan fingerprint density at radius 3 is 2.85 bits per heavy atom. The highest BCUT2D eigenvalue weighted by Gasteiger charge is 2.36. The van der Waals surface area contributed by atoms with E-state index in [2.05, 4.69) is 11.9 Å². The fraction of sp³-hybridized carbons (Fsp3) is 0.533. The predicted molar refractivity (Wildman–Crippen MR) is 75.9 cm³/mol. The summed E-state index contributed by atoms with van der Waals surface area (Å²) in [5.74, 6) is -0.674. The number of likely N-dealkylation sites (tertiary alicyclic amines) is 1. The molecule has 0 aromatic heterocycles. The number of halogens is 1. The van der Waals surface area contributed by atoms with Gasteiger partial charge in [-0.2, -0.15) is 0 Å². The molecule has 2 aliphatic rings. The Balaban J connectivity index is 1.82. The van der Waals surface area contributed by atoms with Gasteiger partial charge < -0.3 is 10.6 Å². The van der Waals surface area contributed by atoms with E-state index in [0.29, 0.717) is 18.6 Å². The summed E-state index contributed by atoms with van der Waals surface area (Å²) in [6.45, 7) is 1.43. The predicted octanol–water partition coefficient (Wildman–Crippen LogP) is 1.72. The average Bonchev–Trinajstić information content (AvgIpc) is 2.66. The summed E-state index contributed by atoms with van der Waals surface area (Å²) in [4.78, 5) is 16.8. The lowest BCUT2D eigenvalue weighted by atomic mass is 10.1. The SMILES string of the molecule is CN1C2CCC1CN(C(=O)c1cccc(F)c1N)CC2. The van der Waals surface area contributed by atoms with Crippen LogP contribution in [-0.4, -0.2) is 47.9 Å². The fourth-order valence-corrected chi connectivity index (χ4v) is 3.39. The van der Waals surface area contributed by atoms with Crippen LogP contribution in [0.3, 0.4) is 0 Å². The Hall–Kier alpha value is -1.62. The summed E-state index contributed by atoms with van der Waals surface area (Å²) in [5, 5.41) is 0. The second-order valence-electron chi connectivity index (χ2n) is 5.79. The summed E-state index contributed by atoms with van der Waals surface area (Å²) in [6, 6.07) is 5.41. The Bertz CT molecular complexity index is 534. The van der Waals surface area contributed by atoms with E-state index in [1.54, 1.807) is 6.07 Å². The molecule has 1 aromatic carbocycles. The summed E-state index contributed by atoms with van der Waals surface area (Å²) >= 11 is 0. The number of nitrogens with two attached hydrogens (primary N) is 1. The average molecular weight is 277 g/mol. The fourth-order valence-electron chi connectivity index (χ4n) is 3.39. The number of hydrogen-bond acceptors (Lipinski definition) is 3. The Kier molecular flexibility index (Phi) is 3.38. The van der Waals surface area contributed by atoms with Crippen molar-refractivity contribution in [2.45, 2.75) is 31.3 Å². The molecule has 0 saturated carbocycles. The zero-order valence-electron chi connectivity index (χ0n) is 11.7. The van der Waals surface area contributed by atoms with E-state index in [1.807, 2.05) is 4.90 Å². The van der Waals surface area contributed by atoms with Crippen LogP contribution in [0, 0.1) is 5.82 Å². The molecule has 20 heavy (non-hydrogen) atoms. The van der Waals surface area contributed by atoms with Crippen molar-refractivity contribution in [3.63, 3.8) is 0 Å². The number of rotatable bonds is 1. The molecule has 2 heterocycles. The molecule has 0 aliphatic carbocycles. The quantitative estimate of drug-likeness (QED) is 0.795. The van der Waals surface area contributed by atoms with E-state index in [4.69, 9.17) is 5.73 Å². The molecule has 2 atom stereocenters. The lowest BCUT2D eigenvalue weighted by molar-refractivity contribution is 0.0741. The van der Waals surface area contributed by atoms with Crippen LogP contribution in [0.15, 0.2) is 18.2 Å². The first-order chi connectivity index (χ1) is 9.58. The van der Waals surface area contributed by atoms with Gasteiger partial charge >= 0.3 is 0 Å². The molecule has 1 amide bonds. The molecule has 2 fully saturated rings. The summed E-state index contributed by atoms with van der Waals surface area (Å²) in [5.41, 5.74) is 5.94. The van der Waals surface area contributed by atoms with E-state index in [1.165, 1.54) is 18.6 Å². The molecule has 2 aliphatic heterocycles. The van der Waals surface area contributed by atoms with Crippen molar-refractivity contribution in [1.82, 2.24) is 9.80 Å². The van der Waals surface area contributed by atoms with Crippen LogP contribution in [0.1, 0.15) is 29.6 Å². The largest absolute Gasteiger partial charge is 0.396 e. The third kappa shape index (κ3) is 2.16. The van der Waals surface area contributed by atoms with Gasteiger partial charge in [0.1, 0.15) is 5.82 Å². The maximum absolute atomic E-state index is 13.5. The monoisotopic (exact) mass is 277 g/mol. The zero-order valence-corrected chi connectivity index (χ0v) is 11.7. The van der Waals surface area contributed by atoms with Crippen LogP contribution in [0.4, 0.5) is 10.1 Å². The number of likely N-dealkylation sites (N-methyl/N-ethyl adjacent to an activating group) is 1. The van der Waals surface area contributed by atoms with Crippen LogP contribution in [0.2, 0.25) is 0 Å². The van der Waals surface area contributed by atoms with Crippen molar-refractivity contribution in [2.24, 2.45) is 0 Å². The molecular formula is C15H20FN3O. The van der Waals surface area contributed by atoms with Gasteiger partial charge in [0, 0.05) is 25.2 Å². The lowest BCUT2D eigenvalue weighted by Gasteiger charge is -2.26. The van der Waals surface area contributed by atoms with Crippen molar-refractivity contribution in [1.29, 1.82) is 0 Å². The molecular weight excluding hydrogens is 257 g/mol. The van der Waals surface area contributed by atoms with Gasteiger partial charge in [-0.15, -0.1) is 0 Å². The number of para-hydroxylation sites is 1. The van der Waals surface area contributed by atoms with Gasteiger partial charge in [0.25, 0.3) is 5.91 Å². The molecule has 1 aromatic rings. The Morgan fingerprint density at radius 1 is 1.30 bits per heavy atom. The molecule has 2 N–H and O–H groups in total. The highest BCUT2D eigenvalue weighted by molar-refractivity contribution is 5.99. The molecule has 2 unspecified atom stereocenters. The van der Waals surface area contributed by atoms with Crippen molar-refractivity contribution < 1.29 is 9.18 Å². The third-order valence-electron chi connectivity index (χ3n) is 4.72. The van der Waals surface area contributed by atoms with Crippen LogP contribution in [0.25, 0.3) is 0 Å². The van der Waals surface area contributed by atoms with Gasteiger partial charge in [-0.05, 0) is 38.4 Å². The van der Waals surface area contributed by atoms with E-state index in [0.717, 1.165) is 19.4 Å². The van der Waals surface area contributed by atoms with Crippen LogP contribution in [-0.2, 0) is 0 Å². The molecule has 0 radical (unpaired) electrons. The van der Waals surface area contributed by atoms with Gasteiger partial charge in [0.2, 0.25) is 0 Å². The number of hydrogen-bond donors (Lipinski definition) is 1. The third-order valence-corrected chi connectivity index (χ3v) is 4.72. The second-order valence-corrected chi connectivity index (χ2v) is 5.79. The maximum Gasteiger partial charge on any atom is 0.256 e. The van der Waals surface area contributed by atoms with E-state index in [9.17, 15) is 9.18 Å². The molecule has 108 valence electrons. The molecule has 2 bridgehead atoms. The minimum atomic E-state index is -0.524. The first-order valence-electron chi connectivity index (χ1n) is 7.13. The van der Waals surface area contributed by atoms with Crippen molar-refractivity contribution >= 4 is 11.6 Å². The van der Waals surface area contributed by atoms with Crippen LogP contribution >= 0.6 is 0 Å². The topological polar surface area (TPSA) is 49.6 Å². The molecule has 4 nitrogen and oxygen atoms in total. The number of fused-ring (bicyclic) bond motifs is 2. The van der Waals surface area contributed by atoms with Crippen molar-refractivity contribution in [3.05, 3.63) is 29.6 Å². The van der Waals surface area contributed by atoms with Crippen molar-refractivity contribution in [3.8, 4) is 0 Å². The number of benzene rings is 1. The highest BCUT2D eigenvalue weighted by atomic mass is 19.1. The number of nitrogens with zero attached hydrogens (tertiary/aromatic N) is 2. The minimum absolute atomic E-state index is 0.0414. The number of carbonyl (C=O) groups is 1. The summed E-state index contributed by atoms with van der Waals surface area (Å²) in [7, 11) is 2.13. The summed E-state index contributed by atoms with van der Waals surface area (Å²) in [6.07, 6.45) is 3.32. The van der Waals surface area contributed by atoms with E-state index < -0.39 is 5.82 Å². The first kappa shape index (κ1) is 13.4. The van der Waals surface area contributed by atoms with E-state index >= 15 is 0 Å². The normalized spacial score (nSPS) is 26.6. The van der Waals surface area contributed by atoms with Gasteiger partial charge in [-0.1, -0.05) is 6.07 Å². The molecule has 2 saturated heterocycles. The highest BCUT2D eigenvalue weighted by Crippen LogP contribution is 2.29. The Morgan fingerprint density at radius 2 is 2.05 bits per heavy atom. The zero-order chi connectivity index (χ0) is 14.3. The first-order valence-corrected chi connectivity index (χ1v) is 7.13. The Labute approximate surface area is 118 Å². The summed E-state index contributed by atoms with van der Waals surface area (Å²) < 4.78 is 13.5. The number of carbonyl (C=O) groups excluding carboxylic acids is 1. The van der Waals surface area contributed by atoms with E-state index in [-0.39, 0.29) is 17.2 Å². The lowest BCUT2D eigenvalue weighted by Crippen LogP contribution is -2.40. The van der Waals surface area contributed by atoms with Crippen LogP contribution in [0.5, 0.6) is 0 Å². The molecule has 0 spiro atoms. The molecule has 5 heteroatoms. The van der Waals surface area contributed by atoms with Gasteiger partial charge in [-0.3, -0.25) is 9.69 Å².